The van der Waals surface area contributed by atoms with E-state index in [4.69, 9.17) is 4.42 Å². The normalized spacial score (nSPS) is 12.8. The predicted molar refractivity (Wildman–Crippen MR) is 71.5 cm³/mol. The van der Waals surface area contributed by atoms with Crippen molar-refractivity contribution in [1.29, 1.82) is 0 Å². The molecule has 0 radical (unpaired) electrons. The van der Waals surface area contributed by atoms with Crippen molar-refractivity contribution in [3.63, 3.8) is 0 Å². The number of likely N-dealkylation sites (N-methyl/N-ethyl adjacent to an activating group) is 1. The van der Waals surface area contributed by atoms with Crippen LogP contribution >= 0.6 is 0 Å². The summed E-state index contributed by atoms with van der Waals surface area (Å²) in [5.74, 6) is 1.07. The Morgan fingerprint density at radius 1 is 1.44 bits per heavy atom. The van der Waals surface area contributed by atoms with E-state index < -0.39 is 0 Å². The van der Waals surface area contributed by atoms with Gasteiger partial charge in [-0.1, -0.05) is 6.92 Å². The number of furan rings is 1. The van der Waals surface area contributed by atoms with Gasteiger partial charge in [0.1, 0.15) is 5.76 Å². The van der Waals surface area contributed by atoms with Gasteiger partial charge in [-0.15, -0.1) is 0 Å². The van der Waals surface area contributed by atoms with E-state index in [1.807, 2.05) is 17.9 Å². The van der Waals surface area contributed by atoms with Crippen LogP contribution in [-0.4, -0.2) is 16.8 Å². The number of rotatable bonds is 6. The summed E-state index contributed by atoms with van der Waals surface area (Å²) in [6.07, 6.45) is 7.68. The average Bonchev–Trinajstić information content (AvgIpc) is 3.04. The highest BCUT2D eigenvalue weighted by molar-refractivity contribution is 5.24. The Labute approximate surface area is 108 Å². The van der Waals surface area contributed by atoms with Gasteiger partial charge in [0.2, 0.25) is 0 Å². The maximum atomic E-state index is 5.50. The second kappa shape index (κ2) is 5.87. The summed E-state index contributed by atoms with van der Waals surface area (Å²) in [7, 11) is 1.99. The predicted octanol–water partition coefficient (Wildman–Crippen LogP) is 2.56. The Hall–Kier alpha value is -1.55. The van der Waals surface area contributed by atoms with Crippen LogP contribution in [0, 0.1) is 0 Å². The van der Waals surface area contributed by atoms with Gasteiger partial charge in [-0.3, -0.25) is 4.68 Å². The molecule has 2 aromatic heterocycles. The number of aryl methyl sites for hydroxylation is 2. The molecule has 1 unspecified atom stereocenters. The zero-order chi connectivity index (χ0) is 13.0. The van der Waals surface area contributed by atoms with Crippen LogP contribution in [0.2, 0.25) is 0 Å². The van der Waals surface area contributed by atoms with Crippen LogP contribution in [0.25, 0.3) is 0 Å². The fraction of sp³-hybridized carbons (Fsp3) is 0.500. The molecule has 4 nitrogen and oxygen atoms in total. The third kappa shape index (κ3) is 2.64. The molecule has 0 aliphatic heterocycles. The van der Waals surface area contributed by atoms with E-state index in [-0.39, 0.29) is 6.04 Å². The zero-order valence-electron chi connectivity index (χ0n) is 11.3. The lowest BCUT2D eigenvalue weighted by Crippen LogP contribution is -2.19. The summed E-state index contributed by atoms with van der Waals surface area (Å²) in [4.78, 5) is 0. The van der Waals surface area contributed by atoms with Gasteiger partial charge < -0.3 is 9.73 Å². The fourth-order valence-corrected chi connectivity index (χ4v) is 2.24. The lowest BCUT2D eigenvalue weighted by atomic mass is 10.0. The number of hydrogen-bond acceptors (Lipinski definition) is 3. The third-order valence-corrected chi connectivity index (χ3v) is 3.28. The minimum absolute atomic E-state index is 0.285. The first-order valence-electron chi connectivity index (χ1n) is 6.53. The molecule has 98 valence electrons. The van der Waals surface area contributed by atoms with Crippen molar-refractivity contribution in [2.45, 2.75) is 39.3 Å². The van der Waals surface area contributed by atoms with E-state index in [0.29, 0.717) is 0 Å². The van der Waals surface area contributed by atoms with Crippen LogP contribution in [0.4, 0.5) is 0 Å². The second-order valence-electron chi connectivity index (χ2n) is 4.40. The van der Waals surface area contributed by atoms with Crippen LogP contribution in [-0.2, 0) is 19.4 Å². The van der Waals surface area contributed by atoms with Crippen LogP contribution in [0.5, 0.6) is 0 Å². The molecule has 2 aromatic rings. The molecule has 1 atom stereocenters. The van der Waals surface area contributed by atoms with Crippen molar-refractivity contribution in [1.82, 2.24) is 15.1 Å². The first-order valence-corrected chi connectivity index (χ1v) is 6.53. The fourth-order valence-electron chi connectivity index (χ4n) is 2.24. The molecule has 0 saturated heterocycles. The first kappa shape index (κ1) is 12.9. The van der Waals surface area contributed by atoms with Crippen molar-refractivity contribution in [2.24, 2.45) is 0 Å². The molecule has 2 heterocycles. The first-order chi connectivity index (χ1) is 8.78. The summed E-state index contributed by atoms with van der Waals surface area (Å²) in [6, 6.07) is 2.35. The molecular formula is C14H21N3O. The van der Waals surface area contributed by atoms with Gasteiger partial charge in [0.15, 0.2) is 0 Å². The van der Waals surface area contributed by atoms with Gasteiger partial charge in [-0.25, -0.2) is 0 Å². The molecule has 2 rings (SSSR count). The zero-order valence-corrected chi connectivity index (χ0v) is 11.3. The minimum atomic E-state index is 0.285. The van der Waals surface area contributed by atoms with Crippen molar-refractivity contribution < 1.29 is 4.42 Å². The topological polar surface area (TPSA) is 43.0 Å². The highest BCUT2D eigenvalue weighted by atomic mass is 16.3. The molecule has 0 spiro atoms. The van der Waals surface area contributed by atoms with Crippen LogP contribution < -0.4 is 5.32 Å². The molecule has 0 aliphatic carbocycles. The molecular weight excluding hydrogens is 226 g/mol. The molecule has 0 bridgehead atoms. The van der Waals surface area contributed by atoms with Crippen molar-refractivity contribution in [3.05, 3.63) is 41.6 Å². The maximum absolute atomic E-state index is 5.50. The van der Waals surface area contributed by atoms with Crippen molar-refractivity contribution in [2.75, 3.05) is 7.05 Å². The Balaban J connectivity index is 2.14. The standard InChI is InChI=1S/C14H21N3O/c1-4-14-12(6-7-18-14)13(15-3)8-11-9-16-17(5-2)10-11/h6-7,9-10,13,15H,4-5,8H2,1-3H3. The molecule has 0 amide bonds. The average molecular weight is 247 g/mol. The minimum Gasteiger partial charge on any atom is -0.469 e. The Morgan fingerprint density at radius 2 is 2.28 bits per heavy atom. The van der Waals surface area contributed by atoms with E-state index >= 15 is 0 Å². The van der Waals surface area contributed by atoms with Gasteiger partial charge in [-0.2, -0.15) is 5.10 Å². The monoisotopic (exact) mass is 247 g/mol. The number of aromatic nitrogens is 2. The van der Waals surface area contributed by atoms with Crippen LogP contribution in [0.1, 0.15) is 36.8 Å². The van der Waals surface area contributed by atoms with Crippen molar-refractivity contribution >= 4 is 0 Å². The van der Waals surface area contributed by atoms with Gasteiger partial charge in [0, 0.05) is 30.8 Å². The molecule has 4 heteroatoms. The van der Waals surface area contributed by atoms with E-state index in [1.165, 1.54) is 11.1 Å². The van der Waals surface area contributed by atoms with E-state index in [2.05, 4.69) is 36.5 Å². The van der Waals surface area contributed by atoms with E-state index in [9.17, 15) is 0 Å². The van der Waals surface area contributed by atoms with E-state index in [1.54, 1.807) is 6.26 Å². The summed E-state index contributed by atoms with van der Waals surface area (Å²) < 4.78 is 7.46. The molecule has 1 N–H and O–H groups in total. The summed E-state index contributed by atoms with van der Waals surface area (Å²) in [6.45, 7) is 5.12. The summed E-state index contributed by atoms with van der Waals surface area (Å²) in [5, 5.41) is 7.67. The van der Waals surface area contributed by atoms with Gasteiger partial charge in [0.25, 0.3) is 0 Å². The molecule has 0 fully saturated rings. The molecule has 18 heavy (non-hydrogen) atoms. The van der Waals surface area contributed by atoms with Crippen LogP contribution in [0.15, 0.2) is 29.1 Å². The Kier molecular flexibility index (Phi) is 4.20. The maximum Gasteiger partial charge on any atom is 0.108 e. The molecule has 0 saturated carbocycles. The number of hydrogen-bond donors (Lipinski definition) is 1. The number of nitrogens with one attached hydrogen (secondary N) is 1. The SMILES string of the molecule is CCc1occc1C(Cc1cnn(CC)c1)NC. The third-order valence-electron chi connectivity index (χ3n) is 3.28. The largest absolute Gasteiger partial charge is 0.469 e. The van der Waals surface area contributed by atoms with E-state index in [0.717, 1.165) is 25.1 Å². The van der Waals surface area contributed by atoms with Gasteiger partial charge in [-0.05, 0) is 32.0 Å². The summed E-state index contributed by atoms with van der Waals surface area (Å²) >= 11 is 0. The Bertz CT molecular complexity index is 487. The lowest BCUT2D eigenvalue weighted by Gasteiger charge is -2.15. The highest BCUT2D eigenvalue weighted by Gasteiger charge is 2.16. The smallest absolute Gasteiger partial charge is 0.108 e. The van der Waals surface area contributed by atoms with Gasteiger partial charge in [0.05, 0.1) is 12.5 Å². The van der Waals surface area contributed by atoms with Crippen molar-refractivity contribution in [3.8, 4) is 0 Å². The second-order valence-corrected chi connectivity index (χ2v) is 4.40. The van der Waals surface area contributed by atoms with Gasteiger partial charge >= 0.3 is 0 Å². The molecule has 0 aliphatic rings. The highest BCUT2D eigenvalue weighted by Crippen LogP contribution is 2.23. The Morgan fingerprint density at radius 3 is 2.89 bits per heavy atom. The lowest BCUT2D eigenvalue weighted by molar-refractivity contribution is 0.495. The molecule has 0 aromatic carbocycles. The number of nitrogens with zero attached hydrogens (tertiary/aromatic N) is 2. The van der Waals surface area contributed by atoms with Crippen LogP contribution in [0.3, 0.4) is 0 Å². The quantitative estimate of drug-likeness (QED) is 0.853. The summed E-state index contributed by atoms with van der Waals surface area (Å²) in [5.41, 5.74) is 2.50.